The quantitative estimate of drug-likeness (QED) is 0.149. The maximum atomic E-state index is 12.1. The van der Waals surface area contributed by atoms with Crippen molar-refractivity contribution in [1.29, 1.82) is 0 Å². The van der Waals surface area contributed by atoms with Gasteiger partial charge in [-0.2, -0.15) is 0 Å². The van der Waals surface area contributed by atoms with Crippen molar-refractivity contribution in [2.45, 2.75) is 33.2 Å². The summed E-state index contributed by atoms with van der Waals surface area (Å²) in [5.74, 6) is 0.506. The highest BCUT2D eigenvalue weighted by Gasteiger charge is 2.18. The lowest BCUT2D eigenvalue weighted by Crippen LogP contribution is -2.39. The molecule has 0 aliphatic heterocycles. The zero-order valence-corrected chi connectivity index (χ0v) is 21.8. The van der Waals surface area contributed by atoms with Crippen LogP contribution >= 0.6 is 12.4 Å². The van der Waals surface area contributed by atoms with Gasteiger partial charge in [-0.1, -0.05) is 54.5 Å². The predicted octanol–water partition coefficient (Wildman–Crippen LogP) is 5.07. The van der Waals surface area contributed by atoms with E-state index in [4.69, 9.17) is 14.3 Å². The van der Waals surface area contributed by atoms with E-state index in [-0.39, 0.29) is 24.4 Å². The van der Waals surface area contributed by atoms with Crippen LogP contribution in [0.5, 0.6) is 5.75 Å². The topological polar surface area (TPSA) is 82.0 Å². The van der Waals surface area contributed by atoms with E-state index in [1.807, 2.05) is 87.5 Å². The number of nitrogens with zero attached hydrogens (tertiary/aromatic N) is 2. The van der Waals surface area contributed by atoms with Gasteiger partial charge >= 0.3 is 5.97 Å². The number of nitrogens with one attached hydrogen (secondary N) is 1. The average Bonchev–Trinajstić information content (AvgIpc) is 2.90. The number of esters is 1. The zero-order chi connectivity index (χ0) is 24.9. The molecule has 1 heterocycles. The molecule has 0 fully saturated rings. The smallest absolute Gasteiger partial charge is 0.323 e. The van der Waals surface area contributed by atoms with Gasteiger partial charge in [0, 0.05) is 11.8 Å². The summed E-state index contributed by atoms with van der Waals surface area (Å²) in [6.07, 6.45) is 2.35. The molecule has 7 nitrogen and oxygen atoms in total. The summed E-state index contributed by atoms with van der Waals surface area (Å²) in [7, 11) is 0. The lowest BCUT2D eigenvalue weighted by molar-refractivity contribution is -0.145. The van der Waals surface area contributed by atoms with Gasteiger partial charge in [0.25, 0.3) is 0 Å². The van der Waals surface area contributed by atoms with Crippen LogP contribution in [-0.4, -0.2) is 49.1 Å². The second kappa shape index (κ2) is 15.5. The number of rotatable bonds is 13. The van der Waals surface area contributed by atoms with Crippen LogP contribution in [0.4, 0.5) is 0 Å². The number of aromatic nitrogens is 1. The average molecular weight is 512 g/mol. The van der Waals surface area contributed by atoms with Gasteiger partial charge in [0.2, 0.25) is 0 Å². The molecule has 0 saturated heterocycles. The monoisotopic (exact) mass is 511 g/mol. The molecule has 1 aromatic heterocycles. The summed E-state index contributed by atoms with van der Waals surface area (Å²) in [6, 6.07) is 21.3. The third-order valence-electron chi connectivity index (χ3n) is 5.29. The van der Waals surface area contributed by atoms with Crippen LogP contribution in [0.3, 0.4) is 0 Å². The minimum absolute atomic E-state index is 0. The van der Waals surface area contributed by atoms with E-state index in [1.165, 1.54) is 0 Å². The second-order valence-corrected chi connectivity index (χ2v) is 7.86. The molecule has 0 aliphatic carbocycles. The van der Waals surface area contributed by atoms with Gasteiger partial charge < -0.3 is 19.6 Å². The lowest BCUT2D eigenvalue weighted by Gasteiger charge is -2.16. The summed E-state index contributed by atoms with van der Waals surface area (Å²) < 4.78 is 10.9. The van der Waals surface area contributed by atoms with Crippen LogP contribution < -0.4 is 10.1 Å². The van der Waals surface area contributed by atoms with Crippen molar-refractivity contribution in [2.75, 3.05) is 26.4 Å². The van der Waals surface area contributed by atoms with E-state index in [2.05, 4.69) is 15.5 Å². The molecular weight excluding hydrogens is 478 g/mol. The van der Waals surface area contributed by atoms with Crippen LogP contribution in [0.2, 0.25) is 0 Å². The number of pyridine rings is 1. The first-order valence-electron chi connectivity index (χ1n) is 11.9. The van der Waals surface area contributed by atoms with Crippen LogP contribution in [0.15, 0.2) is 78.1 Å². The molecule has 0 saturated carbocycles. The van der Waals surface area contributed by atoms with Crippen molar-refractivity contribution >= 4 is 24.1 Å². The summed E-state index contributed by atoms with van der Waals surface area (Å²) in [5.41, 5.74) is 4.80. The van der Waals surface area contributed by atoms with Crippen molar-refractivity contribution in [1.82, 2.24) is 10.3 Å². The number of carbonyl (C=O) groups excluding carboxylic acids is 1. The molecule has 0 radical (unpaired) electrons. The first kappa shape index (κ1) is 28.8. The first-order valence-corrected chi connectivity index (χ1v) is 11.9. The molecule has 0 amide bonds. The van der Waals surface area contributed by atoms with Crippen molar-refractivity contribution < 1.29 is 19.1 Å². The number of carbonyl (C=O) groups is 1. The van der Waals surface area contributed by atoms with Gasteiger partial charge in [-0.15, -0.1) is 12.4 Å². The molecule has 36 heavy (non-hydrogen) atoms. The molecule has 1 unspecified atom stereocenters. The molecule has 2 aromatic carbocycles. The van der Waals surface area contributed by atoms with Crippen molar-refractivity contribution in [3.63, 3.8) is 0 Å². The van der Waals surface area contributed by atoms with Gasteiger partial charge in [-0.3, -0.25) is 9.78 Å². The van der Waals surface area contributed by atoms with Crippen LogP contribution in [-0.2, 0) is 20.8 Å². The van der Waals surface area contributed by atoms with E-state index in [0.29, 0.717) is 32.8 Å². The second-order valence-electron chi connectivity index (χ2n) is 7.86. The van der Waals surface area contributed by atoms with Crippen LogP contribution in [0.1, 0.15) is 31.9 Å². The predicted molar refractivity (Wildman–Crippen MR) is 145 cm³/mol. The summed E-state index contributed by atoms with van der Waals surface area (Å²) >= 11 is 0. The van der Waals surface area contributed by atoms with Gasteiger partial charge in [-0.05, 0) is 62.2 Å². The van der Waals surface area contributed by atoms with Crippen molar-refractivity contribution in [3.05, 3.63) is 84.1 Å². The summed E-state index contributed by atoms with van der Waals surface area (Å²) in [4.78, 5) is 21.9. The van der Waals surface area contributed by atoms with E-state index < -0.39 is 0 Å². The molecule has 8 heteroatoms. The Morgan fingerprint density at radius 1 is 1.00 bits per heavy atom. The van der Waals surface area contributed by atoms with Crippen molar-refractivity contribution in [2.24, 2.45) is 5.16 Å². The molecule has 1 N–H and O–H groups in total. The summed E-state index contributed by atoms with van der Waals surface area (Å²) in [5, 5.41) is 7.37. The van der Waals surface area contributed by atoms with Gasteiger partial charge in [0.05, 0.1) is 18.0 Å². The Balaban J connectivity index is 0.00000456. The lowest BCUT2D eigenvalue weighted by atomic mass is 10.1. The fourth-order valence-corrected chi connectivity index (χ4v) is 3.49. The highest BCUT2D eigenvalue weighted by molar-refractivity contribution is 5.98. The number of oxime groups is 1. The largest absolute Gasteiger partial charge is 0.490 e. The molecular formula is C28H34ClN3O4. The fraction of sp³-hybridized carbons (Fsp3) is 0.321. The van der Waals surface area contributed by atoms with Crippen LogP contribution in [0, 0.1) is 0 Å². The number of hydrogen-bond donors (Lipinski definition) is 1. The van der Waals surface area contributed by atoms with E-state index >= 15 is 0 Å². The highest BCUT2D eigenvalue weighted by Crippen LogP contribution is 2.17. The number of hydrogen-bond acceptors (Lipinski definition) is 7. The third kappa shape index (κ3) is 8.98. The number of benzene rings is 2. The van der Waals surface area contributed by atoms with E-state index in [1.54, 1.807) is 6.20 Å². The van der Waals surface area contributed by atoms with E-state index in [0.717, 1.165) is 33.8 Å². The fourth-order valence-electron chi connectivity index (χ4n) is 3.49. The van der Waals surface area contributed by atoms with Gasteiger partial charge in [-0.25, -0.2) is 0 Å². The molecule has 192 valence electrons. The standard InChI is InChI=1S/C28H33N3O4.ClH/c1-4-29-27(28(32)33-5-2)20-22-9-15-25(16-10-22)34-18-19-35-31-21(3)23-11-13-24(14-12-23)26-8-6-7-17-30-26;/h6-17,27,29H,4-5,18-20H2,1-3H3;1H/b31-21-;. The first-order chi connectivity index (χ1) is 17.1. The molecule has 1 atom stereocenters. The maximum absolute atomic E-state index is 12.1. The molecule has 3 rings (SSSR count). The third-order valence-corrected chi connectivity index (χ3v) is 5.29. The number of likely N-dealkylation sites (N-methyl/N-ethyl adjacent to an activating group) is 1. The van der Waals surface area contributed by atoms with Crippen molar-refractivity contribution in [3.8, 4) is 17.0 Å². The highest BCUT2D eigenvalue weighted by atomic mass is 35.5. The normalized spacial score (nSPS) is 11.8. The van der Waals surface area contributed by atoms with Gasteiger partial charge in [0.1, 0.15) is 18.4 Å². The molecule has 0 bridgehead atoms. The Hall–Kier alpha value is -3.42. The molecule has 0 spiro atoms. The zero-order valence-electron chi connectivity index (χ0n) is 21.0. The number of halogens is 1. The Labute approximate surface area is 219 Å². The minimum Gasteiger partial charge on any atom is -0.490 e. The number of ether oxygens (including phenoxy) is 2. The molecule has 0 aliphatic rings. The Morgan fingerprint density at radius 2 is 1.75 bits per heavy atom. The minimum atomic E-state index is -0.354. The summed E-state index contributed by atoms with van der Waals surface area (Å²) in [6.45, 7) is 7.46. The Morgan fingerprint density at radius 3 is 2.39 bits per heavy atom. The maximum Gasteiger partial charge on any atom is 0.323 e. The molecule has 3 aromatic rings. The Bertz CT molecular complexity index is 1070. The Kier molecular flexibility index (Phi) is 12.4. The SMILES string of the molecule is CCNC(Cc1ccc(OCCO/N=C(/C)c2ccc(-c3ccccn3)cc2)cc1)C(=O)OCC.Cl. The van der Waals surface area contributed by atoms with Crippen LogP contribution in [0.25, 0.3) is 11.3 Å². The van der Waals surface area contributed by atoms with E-state index in [9.17, 15) is 4.79 Å². The van der Waals surface area contributed by atoms with Gasteiger partial charge in [0.15, 0.2) is 6.61 Å².